The van der Waals surface area contributed by atoms with Crippen molar-refractivity contribution in [1.29, 1.82) is 0 Å². The third kappa shape index (κ3) is 1.20. The molecule has 0 bridgehead atoms. The molecule has 0 aromatic rings. The van der Waals surface area contributed by atoms with E-state index < -0.39 is 0 Å². The molecule has 1 aliphatic carbocycles. The molecular weight excluding hydrogens is 220 g/mol. The minimum absolute atomic E-state index is 0.483. The van der Waals surface area contributed by atoms with Crippen LogP contribution in [0.2, 0.25) is 0 Å². The van der Waals surface area contributed by atoms with Gasteiger partial charge in [0, 0.05) is 9.65 Å². The second-order valence-electron chi connectivity index (χ2n) is 2.33. The van der Waals surface area contributed by atoms with E-state index in [-0.39, 0.29) is 0 Å². The zero-order valence-electron chi connectivity index (χ0n) is 4.25. The fourth-order valence-corrected chi connectivity index (χ4v) is 2.57. The molecule has 0 radical (unpaired) electrons. The van der Waals surface area contributed by atoms with Crippen molar-refractivity contribution in [3.63, 3.8) is 0 Å². The second-order valence-corrected chi connectivity index (χ2v) is 4.79. The van der Waals surface area contributed by atoms with Crippen molar-refractivity contribution >= 4 is 31.9 Å². The fraction of sp³-hybridized carbons (Fsp3) is 1.00. The van der Waals surface area contributed by atoms with Gasteiger partial charge in [0.1, 0.15) is 0 Å². The van der Waals surface area contributed by atoms with Gasteiger partial charge in [-0.3, -0.25) is 0 Å². The van der Waals surface area contributed by atoms with Crippen molar-refractivity contribution in [3.05, 3.63) is 0 Å². The molecule has 0 aliphatic heterocycles. The first-order valence-corrected chi connectivity index (χ1v) is 4.33. The molecule has 0 spiro atoms. The molecule has 1 aliphatic rings. The summed E-state index contributed by atoms with van der Waals surface area (Å²) in [5, 5.41) is 1.15. The van der Waals surface area contributed by atoms with Crippen LogP contribution in [0.15, 0.2) is 0 Å². The zero-order chi connectivity index (χ0) is 5.49. The maximum Gasteiger partial charge on any atom is 0.0269 e. The Bertz CT molecular complexity index is 78.1. The van der Waals surface area contributed by atoms with Gasteiger partial charge in [0.25, 0.3) is 0 Å². The van der Waals surface area contributed by atoms with Crippen molar-refractivity contribution in [2.24, 2.45) is 5.92 Å². The van der Waals surface area contributed by atoms with E-state index in [2.05, 4.69) is 38.8 Å². The molecule has 0 saturated heterocycles. The van der Waals surface area contributed by atoms with Crippen LogP contribution >= 0.6 is 31.9 Å². The van der Waals surface area contributed by atoms with E-state index in [1.165, 1.54) is 6.42 Å². The Balaban J connectivity index is 2.30. The van der Waals surface area contributed by atoms with Crippen molar-refractivity contribution < 1.29 is 0 Å². The van der Waals surface area contributed by atoms with E-state index in [0.717, 1.165) is 11.2 Å². The van der Waals surface area contributed by atoms with Crippen LogP contribution in [0, 0.1) is 5.92 Å². The van der Waals surface area contributed by atoms with Crippen molar-refractivity contribution in [3.8, 4) is 0 Å². The molecule has 1 rings (SSSR count). The molecule has 0 amide bonds. The molecule has 0 aromatic heterocycles. The van der Waals surface area contributed by atoms with E-state index in [1.807, 2.05) is 0 Å². The quantitative estimate of drug-likeness (QED) is 0.605. The van der Waals surface area contributed by atoms with Crippen molar-refractivity contribution in [1.82, 2.24) is 0 Å². The molecule has 7 heavy (non-hydrogen) atoms. The summed E-state index contributed by atoms with van der Waals surface area (Å²) in [4.78, 5) is 0. The van der Waals surface area contributed by atoms with Gasteiger partial charge in [-0.2, -0.15) is 0 Å². The molecular formula is C5H8Br2. The standard InChI is InChI=1S/C5H8Br2/c1-5(7)2-4(5)3-6/h4H,2-3H2,1H3. The van der Waals surface area contributed by atoms with E-state index >= 15 is 0 Å². The summed E-state index contributed by atoms with van der Waals surface area (Å²) in [6.45, 7) is 2.24. The van der Waals surface area contributed by atoms with Crippen LogP contribution in [0.25, 0.3) is 0 Å². The highest BCUT2D eigenvalue weighted by Crippen LogP contribution is 2.51. The van der Waals surface area contributed by atoms with Crippen LogP contribution in [0.1, 0.15) is 13.3 Å². The summed E-state index contributed by atoms with van der Waals surface area (Å²) in [6.07, 6.45) is 1.33. The number of hydrogen-bond donors (Lipinski definition) is 0. The molecule has 0 nitrogen and oxygen atoms in total. The van der Waals surface area contributed by atoms with Crippen LogP contribution in [0.3, 0.4) is 0 Å². The van der Waals surface area contributed by atoms with Gasteiger partial charge in [0.15, 0.2) is 0 Å². The van der Waals surface area contributed by atoms with Gasteiger partial charge >= 0.3 is 0 Å². The molecule has 1 fully saturated rings. The minimum Gasteiger partial charge on any atom is -0.0925 e. The first kappa shape index (κ1) is 6.09. The van der Waals surface area contributed by atoms with Crippen molar-refractivity contribution in [2.75, 3.05) is 5.33 Å². The number of hydrogen-bond acceptors (Lipinski definition) is 0. The van der Waals surface area contributed by atoms with Crippen molar-refractivity contribution in [2.45, 2.75) is 17.7 Å². The van der Waals surface area contributed by atoms with E-state index in [1.54, 1.807) is 0 Å². The van der Waals surface area contributed by atoms with Crippen LogP contribution in [0.4, 0.5) is 0 Å². The Labute approximate surface area is 60.9 Å². The number of alkyl halides is 2. The van der Waals surface area contributed by atoms with Crippen LogP contribution < -0.4 is 0 Å². The summed E-state index contributed by atoms with van der Waals surface area (Å²) < 4.78 is 0.483. The lowest BCUT2D eigenvalue weighted by molar-refractivity contribution is 0.910. The monoisotopic (exact) mass is 226 g/mol. The molecule has 0 heterocycles. The van der Waals surface area contributed by atoms with Gasteiger partial charge in [-0.25, -0.2) is 0 Å². The lowest BCUT2D eigenvalue weighted by Gasteiger charge is -1.92. The average Bonchev–Trinajstić information content (AvgIpc) is 2.13. The Hall–Kier alpha value is 0.960. The van der Waals surface area contributed by atoms with E-state index in [0.29, 0.717) is 4.32 Å². The Morgan fingerprint density at radius 2 is 2.29 bits per heavy atom. The lowest BCUT2D eigenvalue weighted by Crippen LogP contribution is -1.92. The largest absolute Gasteiger partial charge is 0.0925 e. The average molecular weight is 228 g/mol. The molecule has 1 saturated carbocycles. The van der Waals surface area contributed by atoms with E-state index in [9.17, 15) is 0 Å². The molecule has 0 aromatic carbocycles. The molecule has 2 atom stereocenters. The highest BCUT2D eigenvalue weighted by atomic mass is 79.9. The predicted molar refractivity (Wildman–Crippen MR) is 39.2 cm³/mol. The van der Waals surface area contributed by atoms with Crippen LogP contribution in [-0.4, -0.2) is 9.65 Å². The first-order valence-electron chi connectivity index (χ1n) is 2.41. The smallest absolute Gasteiger partial charge is 0.0269 e. The fourth-order valence-electron chi connectivity index (χ4n) is 0.638. The van der Waals surface area contributed by atoms with Gasteiger partial charge in [0.05, 0.1) is 0 Å². The summed E-state index contributed by atoms with van der Waals surface area (Å²) in [7, 11) is 0. The van der Waals surface area contributed by atoms with Gasteiger partial charge < -0.3 is 0 Å². The van der Waals surface area contributed by atoms with Gasteiger partial charge in [-0.05, 0) is 19.3 Å². The molecule has 2 unspecified atom stereocenters. The topological polar surface area (TPSA) is 0 Å². The molecule has 2 heteroatoms. The maximum absolute atomic E-state index is 3.58. The molecule has 42 valence electrons. The van der Waals surface area contributed by atoms with Gasteiger partial charge in [0.2, 0.25) is 0 Å². The molecule has 0 N–H and O–H groups in total. The van der Waals surface area contributed by atoms with Crippen LogP contribution in [-0.2, 0) is 0 Å². The first-order chi connectivity index (χ1) is 3.17. The van der Waals surface area contributed by atoms with E-state index in [4.69, 9.17) is 0 Å². The predicted octanol–water partition coefficient (Wildman–Crippen LogP) is 2.55. The zero-order valence-corrected chi connectivity index (χ0v) is 7.42. The lowest BCUT2D eigenvalue weighted by atomic mass is 10.4. The number of rotatable bonds is 1. The Morgan fingerprint density at radius 3 is 2.29 bits per heavy atom. The number of halogens is 2. The summed E-state index contributed by atoms with van der Waals surface area (Å²) in [5.74, 6) is 0.882. The highest BCUT2D eigenvalue weighted by Gasteiger charge is 2.46. The maximum atomic E-state index is 3.58. The SMILES string of the molecule is CC1(Br)CC1CBr. The third-order valence-corrected chi connectivity index (χ3v) is 3.28. The highest BCUT2D eigenvalue weighted by molar-refractivity contribution is 9.10. The Morgan fingerprint density at radius 1 is 1.86 bits per heavy atom. The van der Waals surface area contributed by atoms with Crippen LogP contribution in [0.5, 0.6) is 0 Å². The third-order valence-electron chi connectivity index (χ3n) is 1.52. The summed E-state index contributed by atoms with van der Waals surface area (Å²) in [5.41, 5.74) is 0. The van der Waals surface area contributed by atoms with Gasteiger partial charge in [-0.1, -0.05) is 31.9 Å². The Kier molecular flexibility index (Phi) is 1.50. The normalized spacial score (nSPS) is 49.3. The van der Waals surface area contributed by atoms with Gasteiger partial charge in [-0.15, -0.1) is 0 Å². The minimum atomic E-state index is 0.483. The second kappa shape index (κ2) is 1.73. The summed E-state index contributed by atoms with van der Waals surface area (Å²) in [6, 6.07) is 0. The summed E-state index contributed by atoms with van der Waals surface area (Å²) >= 11 is 7.00.